The van der Waals surface area contributed by atoms with Gasteiger partial charge in [-0.2, -0.15) is 0 Å². The highest BCUT2D eigenvalue weighted by Gasteiger charge is 2.07. The van der Waals surface area contributed by atoms with Crippen molar-refractivity contribution in [2.24, 2.45) is 7.05 Å². The van der Waals surface area contributed by atoms with Gasteiger partial charge in [0, 0.05) is 23.3 Å². The molecule has 17 heavy (non-hydrogen) atoms. The molecule has 1 aromatic heterocycles. The summed E-state index contributed by atoms with van der Waals surface area (Å²) in [5.41, 5.74) is 2.34. The average Bonchev–Trinajstić information content (AvgIpc) is 2.68. The van der Waals surface area contributed by atoms with Crippen molar-refractivity contribution in [3.8, 4) is 11.4 Å². The Bertz CT molecular complexity index is 503. The van der Waals surface area contributed by atoms with Gasteiger partial charge in [0.05, 0.1) is 5.69 Å². The van der Waals surface area contributed by atoms with Gasteiger partial charge >= 0.3 is 0 Å². The molecule has 3 heteroatoms. The molecule has 0 fully saturated rings. The van der Waals surface area contributed by atoms with Crippen molar-refractivity contribution in [2.75, 3.05) is 0 Å². The molecular formula is C14H17BrN2. The fraction of sp³-hybridized carbons (Fsp3) is 0.357. The molecule has 0 aliphatic rings. The number of halogens is 1. The van der Waals surface area contributed by atoms with Gasteiger partial charge < -0.3 is 4.57 Å². The summed E-state index contributed by atoms with van der Waals surface area (Å²) in [6, 6.07) is 8.27. The van der Waals surface area contributed by atoms with E-state index < -0.39 is 0 Å². The third-order valence-corrected chi connectivity index (χ3v) is 3.29. The normalized spacial score (nSPS) is 10.8. The lowest BCUT2D eigenvalue weighted by molar-refractivity contribution is 0.779. The summed E-state index contributed by atoms with van der Waals surface area (Å²) in [5, 5.41) is 0. The lowest BCUT2D eigenvalue weighted by atomic mass is 10.2. The van der Waals surface area contributed by atoms with E-state index in [9.17, 15) is 0 Å². The summed E-state index contributed by atoms with van der Waals surface area (Å²) in [4.78, 5) is 4.70. The largest absolute Gasteiger partial charge is 0.334 e. The number of hydrogen-bond donors (Lipinski definition) is 0. The van der Waals surface area contributed by atoms with Crippen molar-refractivity contribution in [3.05, 3.63) is 40.6 Å². The van der Waals surface area contributed by atoms with Crippen LogP contribution in [0.4, 0.5) is 0 Å². The molecule has 0 spiro atoms. The second-order valence-corrected chi connectivity index (χ2v) is 5.20. The Kier molecular flexibility index (Phi) is 4.00. The minimum Gasteiger partial charge on any atom is -0.334 e. The molecule has 0 saturated carbocycles. The van der Waals surface area contributed by atoms with Gasteiger partial charge in [0.25, 0.3) is 0 Å². The molecule has 1 aromatic carbocycles. The van der Waals surface area contributed by atoms with E-state index in [1.54, 1.807) is 0 Å². The smallest absolute Gasteiger partial charge is 0.140 e. The summed E-state index contributed by atoms with van der Waals surface area (Å²) in [7, 11) is 2.05. The predicted molar refractivity (Wildman–Crippen MR) is 75.0 cm³/mol. The van der Waals surface area contributed by atoms with Crippen molar-refractivity contribution >= 4 is 15.9 Å². The van der Waals surface area contributed by atoms with Gasteiger partial charge in [0.2, 0.25) is 0 Å². The topological polar surface area (TPSA) is 17.8 Å². The minimum atomic E-state index is 1.04. The van der Waals surface area contributed by atoms with Crippen LogP contribution >= 0.6 is 15.9 Å². The molecule has 0 N–H and O–H groups in total. The number of aryl methyl sites for hydroxylation is 2. The lowest BCUT2D eigenvalue weighted by Gasteiger charge is -2.01. The Hall–Kier alpha value is -1.09. The summed E-state index contributed by atoms with van der Waals surface area (Å²) in [5.74, 6) is 1.04. The molecule has 1 heterocycles. The number of hydrogen-bond acceptors (Lipinski definition) is 1. The quantitative estimate of drug-likeness (QED) is 0.826. The average molecular weight is 293 g/mol. The maximum atomic E-state index is 4.70. The highest BCUT2D eigenvalue weighted by molar-refractivity contribution is 9.10. The highest BCUT2D eigenvalue weighted by atomic mass is 79.9. The van der Waals surface area contributed by atoms with E-state index in [2.05, 4.69) is 52.8 Å². The Morgan fingerprint density at radius 2 is 2.18 bits per heavy atom. The van der Waals surface area contributed by atoms with E-state index in [0.717, 1.165) is 22.3 Å². The van der Waals surface area contributed by atoms with Crippen LogP contribution in [-0.4, -0.2) is 9.55 Å². The van der Waals surface area contributed by atoms with Gasteiger partial charge in [0.1, 0.15) is 5.82 Å². The monoisotopic (exact) mass is 292 g/mol. The van der Waals surface area contributed by atoms with Crippen molar-refractivity contribution in [3.63, 3.8) is 0 Å². The van der Waals surface area contributed by atoms with Crippen LogP contribution in [0.2, 0.25) is 0 Å². The zero-order valence-electron chi connectivity index (χ0n) is 10.3. The first-order valence-corrected chi connectivity index (χ1v) is 6.78. The second-order valence-electron chi connectivity index (χ2n) is 4.28. The van der Waals surface area contributed by atoms with Gasteiger partial charge in [-0.3, -0.25) is 0 Å². The van der Waals surface area contributed by atoms with E-state index in [1.807, 2.05) is 12.1 Å². The molecule has 0 saturated heterocycles. The van der Waals surface area contributed by atoms with Crippen LogP contribution in [0.1, 0.15) is 25.5 Å². The van der Waals surface area contributed by atoms with Crippen LogP contribution in [0.15, 0.2) is 34.9 Å². The molecule has 90 valence electrons. The SMILES string of the molecule is CCCCc1cn(C)c(-c2cccc(Br)c2)n1. The van der Waals surface area contributed by atoms with Crippen molar-refractivity contribution in [1.29, 1.82) is 0 Å². The van der Waals surface area contributed by atoms with E-state index in [1.165, 1.54) is 18.5 Å². The predicted octanol–water partition coefficient (Wildman–Crippen LogP) is 4.19. The Labute approximate surface area is 111 Å². The number of aromatic nitrogens is 2. The molecule has 2 aromatic rings. The van der Waals surface area contributed by atoms with Crippen LogP contribution in [0.5, 0.6) is 0 Å². The molecule has 0 unspecified atom stereocenters. The van der Waals surface area contributed by atoms with Crippen LogP contribution in [0.3, 0.4) is 0 Å². The van der Waals surface area contributed by atoms with Gasteiger partial charge in [-0.15, -0.1) is 0 Å². The standard InChI is InChI=1S/C14H17BrN2/c1-3-4-8-13-10-17(2)14(16-13)11-6-5-7-12(15)9-11/h5-7,9-10H,3-4,8H2,1-2H3. The summed E-state index contributed by atoms with van der Waals surface area (Å²) >= 11 is 3.50. The molecule has 0 aliphatic heterocycles. The van der Waals surface area contributed by atoms with Gasteiger partial charge in [-0.25, -0.2) is 4.98 Å². The molecule has 0 amide bonds. The number of unbranched alkanes of at least 4 members (excludes halogenated alkanes) is 1. The third-order valence-electron chi connectivity index (χ3n) is 2.80. The summed E-state index contributed by atoms with van der Waals surface area (Å²) < 4.78 is 3.19. The fourth-order valence-electron chi connectivity index (χ4n) is 1.90. The molecule has 0 aliphatic carbocycles. The molecule has 0 bridgehead atoms. The number of benzene rings is 1. The summed E-state index contributed by atoms with van der Waals surface area (Å²) in [6.45, 7) is 2.21. The lowest BCUT2D eigenvalue weighted by Crippen LogP contribution is -1.90. The highest BCUT2D eigenvalue weighted by Crippen LogP contribution is 2.22. The maximum absolute atomic E-state index is 4.70. The van der Waals surface area contributed by atoms with E-state index >= 15 is 0 Å². The number of nitrogens with zero attached hydrogens (tertiary/aromatic N) is 2. The van der Waals surface area contributed by atoms with Crippen molar-refractivity contribution < 1.29 is 0 Å². The Balaban J connectivity index is 2.29. The first-order chi connectivity index (χ1) is 8.20. The first-order valence-electron chi connectivity index (χ1n) is 5.99. The molecule has 0 radical (unpaired) electrons. The van der Waals surface area contributed by atoms with Gasteiger partial charge in [-0.1, -0.05) is 41.4 Å². The van der Waals surface area contributed by atoms with Crippen LogP contribution < -0.4 is 0 Å². The minimum absolute atomic E-state index is 1.04. The van der Waals surface area contributed by atoms with E-state index in [4.69, 9.17) is 4.98 Å². The molecule has 2 nitrogen and oxygen atoms in total. The number of rotatable bonds is 4. The second kappa shape index (κ2) is 5.50. The Morgan fingerprint density at radius 1 is 1.35 bits per heavy atom. The first kappa shape index (κ1) is 12.4. The van der Waals surface area contributed by atoms with Crippen LogP contribution in [0.25, 0.3) is 11.4 Å². The Morgan fingerprint density at radius 3 is 2.88 bits per heavy atom. The van der Waals surface area contributed by atoms with Crippen molar-refractivity contribution in [2.45, 2.75) is 26.2 Å². The molecule has 2 rings (SSSR count). The van der Waals surface area contributed by atoms with Gasteiger partial charge in [0.15, 0.2) is 0 Å². The third kappa shape index (κ3) is 2.97. The number of imidazole rings is 1. The van der Waals surface area contributed by atoms with Gasteiger partial charge in [-0.05, 0) is 25.0 Å². The zero-order chi connectivity index (χ0) is 12.3. The van der Waals surface area contributed by atoms with E-state index in [0.29, 0.717) is 0 Å². The molecule has 0 atom stereocenters. The molecular weight excluding hydrogens is 276 g/mol. The van der Waals surface area contributed by atoms with Crippen LogP contribution in [-0.2, 0) is 13.5 Å². The summed E-state index contributed by atoms with van der Waals surface area (Å²) in [6.07, 6.45) is 5.61. The zero-order valence-corrected chi connectivity index (χ0v) is 11.9. The maximum Gasteiger partial charge on any atom is 0.140 e. The van der Waals surface area contributed by atoms with Crippen molar-refractivity contribution in [1.82, 2.24) is 9.55 Å². The van der Waals surface area contributed by atoms with E-state index in [-0.39, 0.29) is 0 Å². The van der Waals surface area contributed by atoms with Crippen LogP contribution in [0, 0.1) is 0 Å². The fourth-order valence-corrected chi connectivity index (χ4v) is 2.30.